The van der Waals surface area contributed by atoms with Crippen molar-refractivity contribution in [2.24, 2.45) is 0 Å². The number of fused-ring (bicyclic) bond motifs is 2. The van der Waals surface area contributed by atoms with Crippen molar-refractivity contribution in [1.82, 2.24) is 14.9 Å². The van der Waals surface area contributed by atoms with Crippen molar-refractivity contribution >= 4 is 11.9 Å². The third-order valence-corrected chi connectivity index (χ3v) is 5.41. The predicted octanol–water partition coefficient (Wildman–Crippen LogP) is 2.15. The summed E-state index contributed by atoms with van der Waals surface area (Å²) in [5, 5.41) is 0. The molecular formula is C20H24N4O3. The third-order valence-electron chi connectivity index (χ3n) is 5.41. The van der Waals surface area contributed by atoms with Gasteiger partial charge in [-0.25, -0.2) is 9.97 Å². The van der Waals surface area contributed by atoms with Crippen molar-refractivity contribution in [3.8, 4) is 11.5 Å². The minimum absolute atomic E-state index is 0.0670. The van der Waals surface area contributed by atoms with Gasteiger partial charge in [0.15, 0.2) is 11.5 Å². The molecule has 2 heterocycles. The Hall–Kier alpha value is -2.83. The first-order valence-corrected chi connectivity index (χ1v) is 9.29. The van der Waals surface area contributed by atoms with E-state index in [2.05, 4.69) is 9.97 Å². The second-order valence-corrected chi connectivity index (χ2v) is 7.02. The molecule has 2 aliphatic rings. The van der Waals surface area contributed by atoms with Crippen molar-refractivity contribution in [3.05, 3.63) is 40.2 Å². The number of methoxy groups -OCH3 is 2. The number of aromatic nitrogens is 2. The summed E-state index contributed by atoms with van der Waals surface area (Å²) in [6, 6.07) is 3.96. The summed E-state index contributed by atoms with van der Waals surface area (Å²) >= 11 is 0. The van der Waals surface area contributed by atoms with Crippen LogP contribution in [-0.2, 0) is 25.8 Å². The number of hydrogen-bond acceptors (Lipinski definition) is 6. The highest BCUT2D eigenvalue weighted by atomic mass is 16.5. The monoisotopic (exact) mass is 368 g/mol. The lowest BCUT2D eigenvalue weighted by Crippen LogP contribution is -2.37. The third kappa shape index (κ3) is 3.18. The molecule has 7 nitrogen and oxygen atoms in total. The highest BCUT2D eigenvalue weighted by molar-refractivity contribution is 5.94. The van der Waals surface area contributed by atoms with Gasteiger partial charge in [0.2, 0.25) is 5.95 Å². The van der Waals surface area contributed by atoms with E-state index in [1.54, 1.807) is 14.2 Å². The quantitative estimate of drug-likeness (QED) is 0.893. The molecule has 1 amide bonds. The number of ether oxygens (including phenoxy) is 2. The van der Waals surface area contributed by atoms with E-state index >= 15 is 0 Å². The molecule has 2 N–H and O–H groups in total. The normalized spacial score (nSPS) is 15.7. The Morgan fingerprint density at radius 1 is 1.04 bits per heavy atom. The molecule has 142 valence electrons. The van der Waals surface area contributed by atoms with Gasteiger partial charge in [-0.05, 0) is 55.4 Å². The molecule has 7 heteroatoms. The fourth-order valence-electron chi connectivity index (χ4n) is 4.00. The summed E-state index contributed by atoms with van der Waals surface area (Å²) in [4.78, 5) is 23.7. The number of rotatable bonds is 3. The van der Waals surface area contributed by atoms with Crippen LogP contribution in [0.3, 0.4) is 0 Å². The van der Waals surface area contributed by atoms with Crippen LogP contribution in [-0.4, -0.2) is 41.5 Å². The fourth-order valence-corrected chi connectivity index (χ4v) is 4.00. The molecule has 0 radical (unpaired) electrons. The van der Waals surface area contributed by atoms with Crippen LogP contribution in [0.25, 0.3) is 0 Å². The maximum Gasteiger partial charge on any atom is 0.273 e. The molecule has 0 unspecified atom stereocenters. The Balaban J connectivity index is 1.65. The lowest BCUT2D eigenvalue weighted by atomic mass is 9.93. The Morgan fingerprint density at radius 3 is 2.48 bits per heavy atom. The van der Waals surface area contributed by atoms with E-state index in [-0.39, 0.29) is 11.9 Å². The Morgan fingerprint density at radius 2 is 1.74 bits per heavy atom. The maximum atomic E-state index is 13.2. The van der Waals surface area contributed by atoms with Crippen LogP contribution in [0, 0.1) is 0 Å². The average molecular weight is 368 g/mol. The first-order chi connectivity index (χ1) is 13.1. The van der Waals surface area contributed by atoms with Gasteiger partial charge in [0.05, 0.1) is 14.2 Å². The highest BCUT2D eigenvalue weighted by Gasteiger charge is 2.28. The van der Waals surface area contributed by atoms with Crippen molar-refractivity contribution in [2.45, 2.75) is 38.6 Å². The fraction of sp³-hybridized carbons (Fsp3) is 0.450. The van der Waals surface area contributed by atoms with Crippen LogP contribution < -0.4 is 15.2 Å². The first-order valence-electron chi connectivity index (χ1n) is 9.29. The van der Waals surface area contributed by atoms with Gasteiger partial charge in [-0.1, -0.05) is 0 Å². The van der Waals surface area contributed by atoms with Crippen LogP contribution >= 0.6 is 0 Å². The molecule has 0 fully saturated rings. The van der Waals surface area contributed by atoms with E-state index in [1.165, 1.54) is 5.56 Å². The number of amides is 1. The summed E-state index contributed by atoms with van der Waals surface area (Å²) in [5.74, 6) is 1.51. The smallest absolute Gasteiger partial charge is 0.273 e. The molecule has 1 aliphatic heterocycles. The lowest BCUT2D eigenvalue weighted by Gasteiger charge is -2.30. The molecule has 0 saturated heterocycles. The largest absolute Gasteiger partial charge is 0.493 e. The molecule has 4 rings (SSSR count). The summed E-state index contributed by atoms with van der Waals surface area (Å²) in [6.07, 6.45) is 4.61. The predicted molar refractivity (Wildman–Crippen MR) is 101 cm³/mol. The second kappa shape index (κ2) is 7.06. The lowest BCUT2D eigenvalue weighted by molar-refractivity contribution is 0.0726. The van der Waals surface area contributed by atoms with E-state index in [1.807, 2.05) is 17.0 Å². The highest BCUT2D eigenvalue weighted by Crippen LogP contribution is 2.34. The number of hydrogen-bond donors (Lipinski definition) is 1. The van der Waals surface area contributed by atoms with Gasteiger partial charge in [-0.2, -0.15) is 0 Å². The zero-order valence-electron chi connectivity index (χ0n) is 15.7. The summed E-state index contributed by atoms with van der Waals surface area (Å²) in [5.41, 5.74) is 10.5. The van der Waals surface area contributed by atoms with Crippen LogP contribution in [0.1, 0.15) is 45.7 Å². The van der Waals surface area contributed by atoms with Crippen molar-refractivity contribution in [1.29, 1.82) is 0 Å². The topological polar surface area (TPSA) is 90.6 Å². The second-order valence-electron chi connectivity index (χ2n) is 7.02. The number of nitrogen functional groups attached to an aromatic ring is 1. The van der Waals surface area contributed by atoms with E-state index in [4.69, 9.17) is 15.2 Å². The van der Waals surface area contributed by atoms with Crippen LogP contribution in [0.15, 0.2) is 12.1 Å². The number of nitrogens with zero attached hydrogens (tertiary/aromatic N) is 3. The zero-order chi connectivity index (χ0) is 19.0. The van der Waals surface area contributed by atoms with Gasteiger partial charge in [0, 0.05) is 24.3 Å². The van der Waals surface area contributed by atoms with Crippen LogP contribution in [0.4, 0.5) is 5.95 Å². The molecule has 1 aliphatic carbocycles. The van der Waals surface area contributed by atoms with E-state index < -0.39 is 0 Å². The molecule has 0 bridgehead atoms. The number of nitrogens with two attached hydrogens (primary N) is 1. The molecule has 0 saturated carbocycles. The Bertz CT molecular complexity index is 897. The first kappa shape index (κ1) is 17.6. The van der Waals surface area contributed by atoms with Crippen LogP contribution in [0.2, 0.25) is 0 Å². The Kier molecular flexibility index (Phi) is 4.59. The minimum Gasteiger partial charge on any atom is -0.493 e. The maximum absolute atomic E-state index is 13.2. The molecular weight excluding hydrogens is 344 g/mol. The van der Waals surface area contributed by atoms with Crippen molar-refractivity contribution in [2.75, 3.05) is 26.5 Å². The van der Waals surface area contributed by atoms with Gasteiger partial charge < -0.3 is 20.1 Å². The van der Waals surface area contributed by atoms with Gasteiger partial charge in [-0.3, -0.25) is 4.79 Å². The number of anilines is 1. The summed E-state index contributed by atoms with van der Waals surface area (Å²) < 4.78 is 10.8. The standard InChI is InChI=1S/C20H24N4O3/c1-26-16-9-12-7-8-24(11-13(12)10-17(16)27-2)19(25)18-14-5-3-4-6-15(14)22-20(21)23-18/h9-10H,3-8,11H2,1-2H3,(H2,21,22,23). The van der Waals surface area contributed by atoms with Gasteiger partial charge in [-0.15, -0.1) is 0 Å². The summed E-state index contributed by atoms with van der Waals surface area (Å²) in [6.45, 7) is 1.16. The molecule has 2 aromatic rings. The SMILES string of the molecule is COc1cc2c(cc1OC)CN(C(=O)c1nc(N)nc3c1CCCC3)CC2. The van der Waals surface area contributed by atoms with E-state index in [0.29, 0.717) is 30.3 Å². The van der Waals surface area contributed by atoms with Gasteiger partial charge in [0.25, 0.3) is 5.91 Å². The van der Waals surface area contributed by atoms with E-state index in [0.717, 1.165) is 48.9 Å². The molecule has 0 spiro atoms. The number of carbonyl (C=O) groups is 1. The minimum atomic E-state index is -0.0670. The summed E-state index contributed by atoms with van der Waals surface area (Å²) in [7, 11) is 3.25. The van der Waals surface area contributed by atoms with Gasteiger partial charge in [0.1, 0.15) is 5.69 Å². The van der Waals surface area contributed by atoms with Crippen molar-refractivity contribution in [3.63, 3.8) is 0 Å². The molecule has 0 atom stereocenters. The average Bonchev–Trinajstić information content (AvgIpc) is 2.71. The number of benzene rings is 1. The molecule has 1 aromatic carbocycles. The zero-order valence-corrected chi connectivity index (χ0v) is 15.7. The van der Waals surface area contributed by atoms with E-state index in [9.17, 15) is 4.79 Å². The van der Waals surface area contributed by atoms with Crippen LogP contribution in [0.5, 0.6) is 11.5 Å². The number of carbonyl (C=O) groups excluding carboxylic acids is 1. The Labute approximate surface area is 158 Å². The molecule has 1 aromatic heterocycles. The molecule has 27 heavy (non-hydrogen) atoms. The van der Waals surface area contributed by atoms with Crippen molar-refractivity contribution < 1.29 is 14.3 Å². The number of aryl methyl sites for hydroxylation is 1. The van der Waals surface area contributed by atoms with Gasteiger partial charge >= 0.3 is 0 Å².